The summed E-state index contributed by atoms with van der Waals surface area (Å²) in [6, 6.07) is 4.67. The fourth-order valence-electron chi connectivity index (χ4n) is 1.33. The molecule has 0 radical (unpaired) electrons. The summed E-state index contributed by atoms with van der Waals surface area (Å²) in [5.74, 6) is 0. The second-order valence-electron chi connectivity index (χ2n) is 3.16. The fourth-order valence-corrected chi connectivity index (χ4v) is 1.33. The highest BCUT2D eigenvalue weighted by Crippen LogP contribution is 2.21. The van der Waals surface area contributed by atoms with E-state index >= 15 is 0 Å². The normalized spacial score (nSPS) is 9.73. The lowest BCUT2D eigenvalue weighted by Gasteiger charge is -2.12. The van der Waals surface area contributed by atoms with Crippen molar-refractivity contribution in [1.82, 2.24) is 0 Å². The van der Waals surface area contributed by atoms with Crippen molar-refractivity contribution >= 4 is 0 Å². The minimum absolute atomic E-state index is 0.0515. The van der Waals surface area contributed by atoms with Gasteiger partial charge in [0.05, 0.1) is 9.85 Å². The molecule has 80 valence electrons. The van der Waals surface area contributed by atoms with Gasteiger partial charge in [0.25, 0.3) is 0 Å². The molecule has 0 heterocycles. The number of benzene rings is 1. The Balaban J connectivity index is 3.23. The third-order valence-electron chi connectivity index (χ3n) is 1.97. The second-order valence-corrected chi connectivity index (χ2v) is 3.16. The van der Waals surface area contributed by atoms with E-state index in [2.05, 4.69) is 0 Å². The average Bonchev–Trinajstić information content (AvgIpc) is 2.08. The van der Waals surface area contributed by atoms with Crippen molar-refractivity contribution in [3.05, 3.63) is 61.3 Å². The monoisotopic (exact) mass is 209 g/mol. The van der Waals surface area contributed by atoms with E-state index in [1.165, 1.54) is 6.07 Å². The topological polar surface area (TPSA) is 86.3 Å². The van der Waals surface area contributed by atoms with Crippen LogP contribution in [0.1, 0.15) is 16.7 Å². The summed E-state index contributed by atoms with van der Waals surface area (Å²) in [7, 11) is 0. The van der Waals surface area contributed by atoms with Gasteiger partial charge in [-0.15, -0.1) is 23.8 Å². The first-order chi connectivity index (χ1) is 6.93. The molecule has 0 aromatic heterocycles. The van der Waals surface area contributed by atoms with Gasteiger partial charge < -0.3 is 0 Å². The van der Waals surface area contributed by atoms with Crippen LogP contribution in [0.15, 0.2) is 18.2 Å². The van der Waals surface area contributed by atoms with E-state index in [9.17, 15) is 20.2 Å². The summed E-state index contributed by atoms with van der Waals surface area (Å²) in [5.41, 5.74) is 1.48. The van der Waals surface area contributed by atoms with Gasteiger partial charge in [-0.3, -0.25) is 20.2 Å². The van der Waals surface area contributed by atoms with Gasteiger partial charge in [-0.2, -0.15) is 0 Å². The van der Waals surface area contributed by atoms with Crippen LogP contribution in [0.4, 0.5) is 0 Å². The van der Waals surface area contributed by atoms with Crippen LogP contribution in [0.25, 0.3) is 0 Å². The Morgan fingerprint density at radius 3 is 2.07 bits per heavy atom. The van der Waals surface area contributed by atoms with Crippen molar-refractivity contribution in [1.29, 1.82) is 0 Å². The number of nitrogens with zero attached hydrogens (tertiary/aromatic N) is 2. The Bertz CT molecular complexity index is 403. The lowest BCUT2D eigenvalue weighted by molar-refractivity contribution is -0.660. The van der Waals surface area contributed by atoms with E-state index in [4.69, 9.17) is 0 Å². The molecule has 6 nitrogen and oxygen atoms in total. The number of hydrogen-bond acceptors (Lipinski definition) is 4. The molecular formula is C9H9N2O4-. The summed E-state index contributed by atoms with van der Waals surface area (Å²) in [4.78, 5) is 19.1. The van der Waals surface area contributed by atoms with Gasteiger partial charge in [0, 0.05) is 0 Å². The predicted octanol–water partition coefficient (Wildman–Crippen LogP) is 1.69. The maximum absolute atomic E-state index is 10.5. The number of rotatable bonds is 3. The summed E-state index contributed by atoms with van der Waals surface area (Å²) in [5, 5.41) is 21.0. The zero-order chi connectivity index (χ0) is 11.6. The minimum atomic E-state index is -0.979. The Kier molecular flexibility index (Phi) is 2.89. The zero-order valence-electron chi connectivity index (χ0n) is 8.26. The summed E-state index contributed by atoms with van der Waals surface area (Å²) in [6.45, 7) is 3.42. The van der Waals surface area contributed by atoms with Crippen molar-refractivity contribution in [3.63, 3.8) is 0 Å². The zero-order valence-corrected chi connectivity index (χ0v) is 8.26. The predicted molar refractivity (Wildman–Crippen MR) is 52.2 cm³/mol. The lowest BCUT2D eigenvalue weighted by Crippen LogP contribution is -2.21. The highest BCUT2D eigenvalue weighted by molar-refractivity contribution is 5.35. The molecule has 0 N–H and O–H groups in total. The van der Waals surface area contributed by atoms with Gasteiger partial charge in [-0.1, -0.05) is 12.5 Å². The molecule has 0 aliphatic heterocycles. The number of aryl methyl sites for hydroxylation is 2. The molecule has 0 unspecified atom stereocenters. The van der Waals surface area contributed by atoms with Crippen LogP contribution in [-0.2, 0) is 0 Å². The van der Waals surface area contributed by atoms with Crippen molar-refractivity contribution in [2.45, 2.75) is 13.8 Å². The maximum Gasteiger partial charge on any atom is 0.459 e. The average molecular weight is 209 g/mol. The van der Waals surface area contributed by atoms with Crippen LogP contribution in [0.3, 0.4) is 0 Å². The summed E-state index contributed by atoms with van der Waals surface area (Å²) in [6.07, 6.45) is -0.979. The van der Waals surface area contributed by atoms with Gasteiger partial charge in [-0.25, -0.2) is 0 Å². The number of hydrogen-bond donors (Lipinski definition) is 0. The fraction of sp³-hybridized carbons (Fsp3) is 0.222. The highest BCUT2D eigenvalue weighted by atomic mass is 16.7. The van der Waals surface area contributed by atoms with E-state index in [1.807, 2.05) is 6.92 Å². The van der Waals surface area contributed by atoms with Crippen LogP contribution < -0.4 is 0 Å². The molecule has 0 aliphatic rings. The standard InChI is InChI=1S/C9H9N2O4/c1-6-3-4-8(7(2)5-6)9(10(12)13)11(14)15/h3-5H,1-2H3/q-1. The Labute approximate surface area is 85.8 Å². The summed E-state index contributed by atoms with van der Waals surface area (Å²) >= 11 is 0. The molecule has 1 aromatic rings. The summed E-state index contributed by atoms with van der Waals surface area (Å²) < 4.78 is 0. The van der Waals surface area contributed by atoms with Crippen LogP contribution in [0.2, 0.25) is 0 Å². The first-order valence-electron chi connectivity index (χ1n) is 4.17. The van der Waals surface area contributed by atoms with Crippen LogP contribution >= 0.6 is 0 Å². The largest absolute Gasteiger partial charge is 0.459 e. The molecule has 6 heteroatoms. The van der Waals surface area contributed by atoms with E-state index in [0.29, 0.717) is 5.56 Å². The SMILES string of the molecule is Cc1ccc([C-]([N+](=O)[O-])[N+](=O)[O-])c(C)c1. The Morgan fingerprint density at radius 2 is 1.67 bits per heavy atom. The lowest BCUT2D eigenvalue weighted by atomic mass is 10.0. The van der Waals surface area contributed by atoms with Crippen molar-refractivity contribution in [3.8, 4) is 0 Å². The van der Waals surface area contributed by atoms with Crippen molar-refractivity contribution in [2.75, 3.05) is 0 Å². The maximum atomic E-state index is 10.5. The third-order valence-corrected chi connectivity index (χ3v) is 1.97. The van der Waals surface area contributed by atoms with Gasteiger partial charge in [0.2, 0.25) is 0 Å². The molecule has 0 bridgehead atoms. The Hall–Kier alpha value is -2.11. The van der Waals surface area contributed by atoms with Crippen LogP contribution in [-0.4, -0.2) is 9.85 Å². The molecule has 0 fully saturated rings. The van der Waals surface area contributed by atoms with Crippen molar-refractivity contribution in [2.24, 2.45) is 0 Å². The van der Waals surface area contributed by atoms with Gasteiger partial charge >= 0.3 is 6.17 Å². The van der Waals surface area contributed by atoms with E-state index in [0.717, 1.165) is 5.56 Å². The quantitative estimate of drug-likeness (QED) is 0.430. The molecule has 0 aliphatic carbocycles. The molecule has 0 saturated heterocycles. The molecule has 0 atom stereocenters. The number of nitro groups is 2. The minimum Gasteiger partial charge on any atom is -0.265 e. The molecule has 0 spiro atoms. The van der Waals surface area contributed by atoms with Gasteiger partial charge in [0.1, 0.15) is 0 Å². The second kappa shape index (κ2) is 3.95. The van der Waals surface area contributed by atoms with Gasteiger partial charge in [-0.05, 0) is 12.5 Å². The Morgan fingerprint density at radius 1 is 1.13 bits per heavy atom. The third kappa shape index (κ3) is 2.22. The molecule has 15 heavy (non-hydrogen) atoms. The van der Waals surface area contributed by atoms with E-state index < -0.39 is 16.0 Å². The van der Waals surface area contributed by atoms with Crippen LogP contribution in [0, 0.1) is 40.2 Å². The molecule has 0 saturated carbocycles. The van der Waals surface area contributed by atoms with Crippen LogP contribution in [0.5, 0.6) is 0 Å². The molecular weight excluding hydrogens is 200 g/mol. The van der Waals surface area contributed by atoms with Crippen molar-refractivity contribution < 1.29 is 9.85 Å². The first kappa shape index (κ1) is 11.0. The smallest absolute Gasteiger partial charge is 0.265 e. The van der Waals surface area contributed by atoms with E-state index in [1.54, 1.807) is 19.1 Å². The molecule has 1 aromatic carbocycles. The first-order valence-corrected chi connectivity index (χ1v) is 4.17. The van der Waals surface area contributed by atoms with E-state index in [-0.39, 0.29) is 5.56 Å². The molecule has 0 amide bonds. The molecule has 1 rings (SSSR count). The van der Waals surface area contributed by atoms with Gasteiger partial charge in [0.15, 0.2) is 0 Å². The highest BCUT2D eigenvalue weighted by Gasteiger charge is 2.31.